The van der Waals surface area contributed by atoms with Crippen LogP contribution in [0.4, 0.5) is 0 Å². The smallest absolute Gasteiger partial charge is 0.341 e. The van der Waals surface area contributed by atoms with Crippen molar-refractivity contribution in [2.75, 3.05) is 6.54 Å². The molecule has 7 nitrogen and oxygen atoms in total. The Labute approximate surface area is 110 Å². The van der Waals surface area contributed by atoms with Crippen molar-refractivity contribution in [1.29, 1.82) is 0 Å². The van der Waals surface area contributed by atoms with Crippen molar-refractivity contribution in [3.05, 3.63) is 44.7 Å². The van der Waals surface area contributed by atoms with Gasteiger partial charge in [-0.05, 0) is 10.9 Å². The maximum absolute atomic E-state index is 11.4. The number of carboxylic acid groups (broad SMARTS) is 1. The summed E-state index contributed by atoms with van der Waals surface area (Å²) in [7, 11) is 0. The van der Waals surface area contributed by atoms with Gasteiger partial charge in [-0.3, -0.25) is 4.79 Å². The molecule has 0 aliphatic carbocycles. The summed E-state index contributed by atoms with van der Waals surface area (Å²) in [4.78, 5) is 25.1. The molecule has 0 radical (unpaired) electrons. The summed E-state index contributed by atoms with van der Waals surface area (Å²) in [5, 5.41) is 12.5. The third-order valence-electron chi connectivity index (χ3n) is 2.85. The van der Waals surface area contributed by atoms with E-state index in [0.29, 0.717) is 0 Å². The Bertz CT molecular complexity index is 579. The maximum atomic E-state index is 11.4. The first-order chi connectivity index (χ1) is 8.77. The molecule has 7 heteroatoms. The molecular weight excluding hydrogens is 248 g/mol. The summed E-state index contributed by atoms with van der Waals surface area (Å²) in [5.74, 6) is -1.27. The number of carboxylic acids is 1. The molecule has 0 amide bonds. The average molecular weight is 264 g/mol. The fourth-order valence-corrected chi connectivity index (χ4v) is 1.78. The summed E-state index contributed by atoms with van der Waals surface area (Å²) >= 11 is 0. The Kier molecular flexibility index (Phi) is 4.34. The van der Waals surface area contributed by atoms with E-state index in [1.165, 1.54) is 18.5 Å². The molecule has 102 valence electrons. The molecule has 1 unspecified atom stereocenters. The Morgan fingerprint density at radius 2 is 2.21 bits per heavy atom. The van der Waals surface area contributed by atoms with Crippen molar-refractivity contribution < 1.29 is 9.90 Å². The predicted octanol–water partition coefficient (Wildman–Crippen LogP) is 2.44. The van der Waals surface area contributed by atoms with Gasteiger partial charge >= 0.3 is 5.97 Å². The number of rotatable bonds is 4. The molecule has 1 rings (SSSR count). The van der Waals surface area contributed by atoms with Crippen LogP contribution in [0.25, 0.3) is 10.4 Å². The molecule has 1 heterocycles. The first kappa shape index (κ1) is 14.8. The van der Waals surface area contributed by atoms with Crippen LogP contribution < -0.4 is 5.43 Å². The lowest BCUT2D eigenvalue weighted by atomic mass is 9.86. The van der Waals surface area contributed by atoms with E-state index in [1.54, 1.807) is 4.57 Å². The highest BCUT2D eigenvalue weighted by molar-refractivity contribution is 5.86. The molecule has 1 N–H and O–H groups in total. The number of azide groups is 1. The molecule has 0 aromatic carbocycles. The van der Waals surface area contributed by atoms with Crippen molar-refractivity contribution in [2.24, 2.45) is 10.5 Å². The predicted molar refractivity (Wildman–Crippen MR) is 70.2 cm³/mol. The third kappa shape index (κ3) is 3.59. The van der Waals surface area contributed by atoms with E-state index >= 15 is 0 Å². The average Bonchev–Trinajstić information content (AvgIpc) is 2.29. The molecule has 0 fully saturated rings. The molecule has 0 bridgehead atoms. The number of aromatic nitrogens is 1. The molecule has 1 atom stereocenters. The highest BCUT2D eigenvalue weighted by Gasteiger charge is 2.25. The Hall–Kier alpha value is -2.27. The van der Waals surface area contributed by atoms with Crippen molar-refractivity contribution >= 4 is 5.97 Å². The van der Waals surface area contributed by atoms with Gasteiger partial charge < -0.3 is 9.67 Å². The van der Waals surface area contributed by atoms with Crippen LogP contribution in [0.1, 0.15) is 37.2 Å². The Balaban J connectivity index is 3.31. The second kappa shape index (κ2) is 5.58. The fourth-order valence-electron chi connectivity index (χ4n) is 1.78. The number of carbonyl (C=O) groups is 1. The molecule has 0 aliphatic rings. The minimum atomic E-state index is -1.27. The van der Waals surface area contributed by atoms with Gasteiger partial charge in [-0.1, -0.05) is 25.9 Å². The Morgan fingerprint density at radius 3 is 2.68 bits per heavy atom. The third-order valence-corrected chi connectivity index (χ3v) is 2.85. The molecular formula is C12H16N4O3. The van der Waals surface area contributed by atoms with Gasteiger partial charge in [0.2, 0.25) is 0 Å². The number of hydrogen-bond donors (Lipinski definition) is 1. The van der Waals surface area contributed by atoms with Crippen molar-refractivity contribution in [2.45, 2.75) is 26.8 Å². The van der Waals surface area contributed by atoms with E-state index in [4.69, 9.17) is 10.6 Å². The second-order valence-electron chi connectivity index (χ2n) is 5.27. The lowest BCUT2D eigenvalue weighted by Crippen LogP contribution is -2.29. The van der Waals surface area contributed by atoms with E-state index in [2.05, 4.69) is 10.0 Å². The first-order valence-corrected chi connectivity index (χ1v) is 5.73. The monoisotopic (exact) mass is 264 g/mol. The van der Waals surface area contributed by atoms with Gasteiger partial charge in [0.15, 0.2) is 5.43 Å². The number of hydrogen-bond acceptors (Lipinski definition) is 3. The number of nitrogens with zero attached hydrogens (tertiary/aromatic N) is 4. The second-order valence-corrected chi connectivity index (χ2v) is 5.27. The van der Waals surface area contributed by atoms with Crippen LogP contribution in [0.5, 0.6) is 0 Å². The molecule has 1 aromatic rings. The molecule has 0 saturated heterocycles. The SMILES string of the molecule is CC(C)(C)C(CN=[N+]=[N-])n1ccc(=O)c(C(=O)O)c1. The van der Waals surface area contributed by atoms with Crippen molar-refractivity contribution in [1.82, 2.24) is 4.57 Å². The van der Waals surface area contributed by atoms with E-state index < -0.39 is 11.4 Å². The number of pyridine rings is 1. The summed E-state index contributed by atoms with van der Waals surface area (Å²) < 4.78 is 1.61. The van der Waals surface area contributed by atoms with Crippen molar-refractivity contribution in [3.63, 3.8) is 0 Å². The van der Waals surface area contributed by atoms with Crippen LogP contribution in [0.3, 0.4) is 0 Å². The van der Waals surface area contributed by atoms with Gasteiger partial charge in [0, 0.05) is 36.0 Å². The highest BCUT2D eigenvalue weighted by Crippen LogP contribution is 2.30. The zero-order valence-electron chi connectivity index (χ0n) is 11.1. The summed E-state index contributed by atoms with van der Waals surface area (Å²) in [6, 6.07) is 0.972. The van der Waals surface area contributed by atoms with Gasteiger partial charge in [-0.15, -0.1) is 0 Å². The lowest BCUT2D eigenvalue weighted by Gasteiger charge is -2.32. The molecule has 0 aliphatic heterocycles. The molecule has 19 heavy (non-hydrogen) atoms. The van der Waals surface area contributed by atoms with Crippen LogP contribution in [0.15, 0.2) is 28.4 Å². The van der Waals surface area contributed by atoms with Crippen LogP contribution in [-0.4, -0.2) is 22.2 Å². The number of aromatic carboxylic acids is 1. The quantitative estimate of drug-likeness (QED) is 0.512. The minimum absolute atomic E-state index is 0.182. The minimum Gasteiger partial charge on any atom is -0.477 e. The van der Waals surface area contributed by atoms with Gasteiger partial charge in [-0.2, -0.15) is 0 Å². The van der Waals surface area contributed by atoms with Crippen molar-refractivity contribution in [3.8, 4) is 0 Å². The van der Waals surface area contributed by atoms with E-state index in [9.17, 15) is 9.59 Å². The van der Waals surface area contributed by atoms with Crippen LogP contribution in [0.2, 0.25) is 0 Å². The Morgan fingerprint density at radius 1 is 1.58 bits per heavy atom. The maximum Gasteiger partial charge on any atom is 0.341 e. The normalized spacial score (nSPS) is 12.6. The molecule has 1 aromatic heterocycles. The zero-order chi connectivity index (χ0) is 14.6. The summed E-state index contributed by atoms with van der Waals surface area (Å²) in [6.45, 7) is 6.03. The van der Waals surface area contributed by atoms with Crippen LogP contribution in [0, 0.1) is 5.41 Å². The van der Waals surface area contributed by atoms with Gasteiger partial charge in [0.1, 0.15) is 5.56 Å². The van der Waals surface area contributed by atoms with Gasteiger partial charge in [0.05, 0.1) is 0 Å². The highest BCUT2D eigenvalue weighted by atomic mass is 16.4. The summed E-state index contributed by atoms with van der Waals surface area (Å²) in [6.07, 6.45) is 2.80. The topological polar surface area (TPSA) is 108 Å². The largest absolute Gasteiger partial charge is 0.477 e. The van der Waals surface area contributed by atoms with E-state index in [-0.39, 0.29) is 23.6 Å². The zero-order valence-corrected chi connectivity index (χ0v) is 11.1. The standard InChI is InChI=1S/C12H16N4O3/c1-12(2,3)10(6-14-15-13)16-5-4-9(17)8(7-16)11(18)19/h4-5,7,10H,6H2,1-3H3,(H,18,19). The van der Waals surface area contributed by atoms with Crippen LogP contribution >= 0.6 is 0 Å². The van der Waals surface area contributed by atoms with Crippen LogP contribution in [-0.2, 0) is 0 Å². The summed E-state index contributed by atoms with van der Waals surface area (Å²) in [5.41, 5.74) is 7.33. The van der Waals surface area contributed by atoms with E-state index in [0.717, 1.165) is 0 Å². The first-order valence-electron chi connectivity index (χ1n) is 5.73. The van der Waals surface area contributed by atoms with Gasteiger partial charge in [-0.25, -0.2) is 4.79 Å². The van der Waals surface area contributed by atoms with E-state index in [1.807, 2.05) is 20.8 Å². The fraction of sp³-hybridized carbons (Fsp3) is 0.500. The molecule has 0 saturated carbocycles. The molecule has 0 spiro atoms. The lowest BCUT2D eigenvalue weighted by molar-refractivity contribution is 0.0693. The van der Waals surface area contributed by atoms with Gasteiger partial charge in [0.25, 0.3) is 0 Å².